The maximum Gasteiger partial charge on any atom is 0.383 e. The summed E-state index contributed by atoms with van der Waals surface area (Å²) in [6.07, 6.45) is 1.40. The van der Waals surface area contributed by atoms with Crippen molar-refractivity contribution < 1.29 is 19.4 Å². The molecule has 19 heavy (non-hydrogen) atoms. The molecule has 0 bridgehead atoms. The first-order valence-corrected chi connectivity index (χ1v) is 6.25. The van der Waals surface area contributed by atoms with Gasteiger partial charge in [0.15, 0.2) is 5.76 Å². The molecule has 4 nitrogen and oxygen atoms in total. The summed E-state index contributed by atoms with van der Waals surface area (Å²) >= 11 is 5.49. The van der Waals surface area contributed by atoms with Crippen LogP contribution in [0.2, 0.25) is 0 Å². The van der Waals surface area contributed by atoms with Crippen LogP contribution in [0.1, 0.15) is 11.1 Å². The molecule has 0 saturated carbocycles. The van der Waals surface area contributed by atoms with Gasteiger partial charge in [-0.15, -0.1) is 11.6 Å². The fourth-order valence-corrected chi connectivity index (χ4v) is 1.72. The summed E-state index contributed by atoms with van der Waals surface area (Å²) in [6, 6.07) is 7.67. The minimum Gasteiger partial charge on any atom is -0.501 e. The van der Waals surface area contributed by atoms with Crippen LogP contribution in [0.25, 0.3) is 0 Å². The summed E-state index contributed by atoms with van der Waals surface area (Å²) in [5.41, 5.74) is 2.03. The summed E-state index contributed by atoms with van der Waals surface area (Å²) in [5, 5.41) is 9.75. The van der Waals surface area contributed by atoms with Crippen molar-refractivity contribution in [2.45, 2.75) is 13.5 Å². The Morgan fingerprint density at radius 2 is 2.05 bits per heavy atom. The van der Waals surface area contributed by atoms with Crippen LogP contribution in [0.15, 0.2) is 47.6 Å². The van der Waals surface area contributed by atoms with Gasteiger partial charge >= 0.3 is 5.97 Å². The van der Waals surface area contributed by atoms with Crippen LogP contribution >= 0.6 is 11.6 Å². The molecule has 1 N–H and O–H groups in total. The van der Waals surface area contributed by atoms with Gasteiger partial charge in [0.2, 0.25) is 5.76 Å². The van der Waals surface area contributed by atoms with E-state index in [0.29, 0.717) is 0 Å². The number of alkyl halides is 1. The van der Waals surface area contributed by atoms with E-state index in [0.717, 1.165) is 11.1 Å². The van der Waals surface area contributed by atoms with Crippen LogP contribution in [0.5, 0.6) is 0 Å². The van der Waals surface area contributed by atoms with Crippen LogP contribution in [0, 0.1) is 6.92 Å². The number of halogens is 1. The summed E-state index contributed by atoms with van der Waals surface area (Å²) in [7, 11) is 0. The third-order valence-corrected chi connectivity index (χ3v) is 2.76. The molecule has 0 radical (unpaired) electrons. The van der Waals surface area contributed by atoms with E-state index in [1.54, 1.807) is 0 Å². The minimum atomic E-state index is -0.707. The molecule has 100 valence electrons. The number of hydrogen-bond donors (Lipinski definition) is 1. The van der Waals surface area contributed by atoms with Gasteiger partial charge in [0.1, 0.15) is 6.61 Å². The van der Waals surface area contributed by atoms with Crippen molar-refractivity contribution in [2.24, 2.45) is 0 Å². The normalized spacial score (nSPS) is 16.9. The van der Waals surface area contributed by atoms with Gasteiger partial charge in [-0.05, 0) is 18.6 Å². The van der Waals surface area contributed by atoms with Gasteiger partial charge in [-0.2, -0.15) is 0 Å². The van der Waals surface area contributed by atoms with Gasteiger partial charge < -0.3 is 14.6 Å². The van der Waals surface area contributed by atoms with Crippen LogP contribution in [-0.2, 0) is 20.9 Å². The van der Waals surface area contributed by atoms with Crippen molar-refractivity contribution in [3.63, 3.8) is 0 Å². The lowest BCUT2D eigenvalue weighted by Gasteiger charge is -2.04. The highest BCUT2D eigenvalue weighted by Crippen LogP contribution is 2.25. The van der Waals surface area contributed by atoms with Crippen molar-refractivity contribution in [2.75, 3.05) is 5.88 Å². The zero-order chi connectivity index (χ0) is 13.8. The van der Waals surface area contributed by atoms with E-state index in [-0.39, 0.29) is 29.8 Å². The summed E-state index contributed by atoms with van der Waals surface area (Å²) in [6.45, 7) is 2.17. The molecule has 5 heteroatoms. The van der Waals surface area contributed by atoms with Gasteiger partial charge in [-0.25, -0.2) is 4.79 Å². The van der Waals surface area contributed by atoms with Gasteiger partial charge in [0.25, 0.3) is 5.76 Å². The SMILES string of the molecule is Cc1ccc(COC2=C(O)/C(=C\CCl)OC2=O)cc1. The monoisotopic (exact) mass is 280 g/mol. The molecule has 0 aromatic heterocycles. The second kappa shape index (κ2) is 5.80. The van der Waals surface area contributed by atoms with Gasteiger partial charge in [0.05, 0.1) is 0 Å². The standard InChI is InChI=1S/C14H13ClO4/c1-9-2-4-10(5-3-9)8-18-13-12(16)11(6-7-15)19-14(13)17/h2-6,16H,7-8H2,1H3/b11-6+. The second-order valence-corrected chi connectivity index (χ2v) is 4.37. The Morgan fingerprint density at radius 3 is 2.68 bits per heavy atom. The molecular weight excluding hydrogens is 268 g/mol. The van der Waals surface area contributed by atoms with E-state index in [1.807, 2.05) is 31.2 Å². The quantitative estimate of drug-likeness (QED) is 0.680. The maximum atomic E-state index is 11.5. The molecular formula is C14H13ClO4. The van der Waals surface area contributed by atoms with Gasteiger partial charge in [0, 0.05) is 5.88 Å². The predicted molar refractivity (Wildman–Crippen MR) is 70.5 cm³/mol. The summed E-state index contributed by atoms with van der Waals surface area (Å²) < 4.78 is 10.1. The van der Waals surface area contributed by atoms with Gasteiger partial charge in [-0.3, -0.25) is 0 Å². The van der Waals surface area contributed by atoms with E-state index in [2.05, 4.69) is 0 Å². The van der Waals surface area contributed by atoms with Crippen LogP contribution in [0.3, 0.4) is 0 Å². The van der Waals surface area contributed by atoms with E-state index >= 15 is 0 Å². The van der Waals surface area contributed by atoms with Gasteiger partial charge in [-0.1, -0.05) is 29.8 Å². The summed E-state index contributed by atoms with van der Waals surface area (Å²) in [5.74, 6) is -1.02. The number of rotatable bonds is 4. The number of benzene rings is 1. The number of aliphatic hydroxyl groups is 1. The largest absolute Gasteiger partial charge is 0.501 e. The lowest BCUT2D eigenvalue weighted by molar-refractivity contribution is -0.136. The molecule has 1 aliphatic rings. The Bertz CT molecular complexity index is 543. The number of carbonyl (C=O) groups is 1. The average molecular weight is 281 g/mol. The number of ether oxygens (including phenoxy) is 2. The van der Waals surface area contributed by atoms with Crippen LogP contribution in [-0.4, -0.2) is 17.0 Å². The Labute approximate surface area is 115 Å². The summed E-state index contributed by atoms with van der Waals surface area (Å²) in [4.78, 5) is 11.5. The maximum absolute atomic E-state index is 11.5. The molecule has 0 aliphatic carbocycles. The van der Waals surface area contributed by atoms with E-state index in [4.69, 9.17) is 21.1 Å². The first-order valence-electron chi connectivity index (χ1n) is 5.72. The smallest absolute Gasteiger partial charge is 0.383 e. The number of esters is 1. The van der Waals surface area contributed by atoms with E-state index in [1.165, 1.54) is 6.08 Å². The Hall–Kier alpha value is -1.94. The highest BCUT2D eigenvalue weighted by Gasteiger charge is 2.31. The molecule has 0 fully saturated rings. The molecule has 1 aliphatic heterocycles. The topological polar surface area (TPSA) is 55.8 Å². The number of carbonyl (C=O) groups excluding carboxylic acids is 1. The lowest BCUT2D eigenvalue weighted by atomic mass is 10.2. The Balaban J connectivity index is 2.08. The van der Waals surface area contributed by atoms with E-state index in [9.17, 15) is 9.90 Å². The molecule has 0 saturated heterocycles. The number of aliphatic hydroxyl groups excluding tert-OH is 1. The van der Waals surface area contributed by atoms with Crippen molar-refractivity contribution in [1.82, 2.24) is 0 Å². The third-order valence-electron chi connectivity index (χ3n) is 2.60. The first kappa shape index (κ1) is 13.5. The molecule has 1 heterocycles. The number of cyclic esters (lactones) is 1. The van der Waals surface area contributed by atoms with Crippen molar-refractivity contribution in [3.05, 3.63) is 58.7 Å². The fourth-order valence-electron chi connectivity index (χ4n) is 1.58. The molecule has 0 unspecified atom stereocenters. The van der Waals surface area contributed by atoms with Crippen molar-refractivity contribution in [1.29, 1.82) is 0 Å². The second-order valence-electron chi connectivity index (χ2n) is 4.06. The number of aryl methyl sites for hydroxylation is 1. The highest BCUT2D eigenvalue weighted by molar-refractivity contribution is 6.19. The van der Waals surface area contributed by atoms with E-state index < -0.39 is 5.97 Å². The third kappa shape index (κ3) is 3.09. The number of hydrogen-bond acceptors (Lipinski definition) is 4. The Morgan fingerprint density at radius 1 is 1.37 bits per heavy atom. The Kier molecular flexibility index (Phi) is 4.12. The molecule has 0 spiro atoms. The zero-order valence-electron chi connectivity index (χ0n) is 10.4. The van der Waals surface area contributed by atoms with Crippen molar-refractivity contribution in [3.8, 4) is 0 Å². The first-order chi connectivity index (χ1) is 9.11. The predicted octanol–water partition coefficient (Wildman–Crippen LogP) is 2.96. The zero-order valence-corrected chi connectivity index (χ0v) is 11.1. The molecule has 1 aromatic rings. The highest BCUT2D eigenvalue weighted by atomic mass is 35.5. The average Bonchev–Trinajstić information content (AvgIpc) is 2.65. The fraction of sp³-hybridized carbons (Fsp3) is 0.214. The van der Waals surface area contributed by atoms with Crippen LogP contribution in [0.4, 0.5) is 0 Å². The molecule has 1 aromatic carbocycles. The lowest BCUT2D eigenvalue weighted by Crippen LogP contribution is -2.03. The minimum absolute atomic E-state index is 0.0407. The number of allylic oxidation sites excluding steroid dienone is 1. The molecule has 2 rings (SSSR count). The van der Waals surface area contributed by atoms with Crippen molar-refractivity contribution >= 4 is 17.6 Å². The molecule has 0 amide bonds. The van der Waals surface area contributed by atoms with Crippen LogP contribution < -0.4 is 0 Å². The molecule has 0 atom stereocenters.